The standard InChI is InChI=1S/C22H22N4O6S/c1-12-4-7-14(8-5-12)24-17(27)10-16-20(28)25-22(33-16)26-23-11-13-6-9-15(31-2)19(32-3)18(13)21(29)30/h4-9,11,16H,10H2,1-3H3,(H,24,27)(H,29,30)(H,25,26,28). The van der Waals surface area contributed by atoms with Crippen molar-refractivity contribution < 1.29 is 29.0 Å². The van der Waals surface area contributed by atoms with Crippen LogP contribution in [0.2, 0.25) is 0 Å². The fraction of sp³-hybridized carbons (Fsp3) is 0.227. The second-order valence-electron chi connectivity index (χ2n) is 6.93. The number of nitrogens with one attached hydrogen (secondary N) is 2. The van der Waals surface area contributed by atoms with Crippen LogP contribution >= 0.6 is 11.8 Å². The summed E-state index contributed by atoms with van der Waals surface area (Å²) >= 11 is 1.07. The van der Waals surface area contributed by atoms with Crippen molar-refractivity contribution >= 4 is 46.6 Å². The molecule has 1 heterocycles. The monoisotopic (exact) mass is 470 g/mol. The predicted molar refractivity (Wildman–Crippen MR) is 125 cm³/mol. The quantitative estimate of drug-likeness (QED) is 0.398. The fourth-order valence-corrected chi connectivity index (χ4v) is 3.94. The maximum absolute atomic E-state index is 12.3. The topological polar surface area (TPSA) is 139 Å². The van der Waals surface area contributed by atoms with Crippen molar-refractivity contribution in [1.29, 1.82) is 0 Å². The molecule has 1 aliphatic rings. The third-order valence-corrected chi connectivity index (χ3v) is 5.69. The molecule has 11 heteroatoms. The number of nitrogens with zero attached hydrogens (tertiary/aromatic N) is 2. The highest BCUT2D eigenvalue weighted by atomic mass is 32.2. The van der Waals surface area contributed by atoms with Gasteiger partial charge in [0, 0.05) is 17.7 Å². The van der Waals surface area contributed by atoms with Gasteiger partial charge in [-0.3, -0.25) is 9.59 Å². The van der Waals surface area contributed by atoms with E-state index in [9.17, 15) is 19.5 Å². The smallest absolute Gasteiger partial charge is 0.340 e. The Morgan fingerprint density at radius 1 is 1.18 bits per heavy atom. The zero-order chi connectivity index (χ0) is 24.0. The van der Waals surface area contributed by atoms with E-state index in [0.717, 1.165) is 17.3 Å². The number of carbonyl (C=O) groups excluding carboxylic acids is 2. The molecule has 0 radical (unpaired) electrons. The second-order valence-corrected chi connectivity index (χ2v) is 8.13. The molecule has 0 saturated carbocycles. The molecule has 2 aromatic carbocycles. The highest BCUT2D eigenvalue weighted by Crippen LogP contribution is 2.33. The number of aromatic carboxylic acids is 1. The van der Waals surface area contributed by atoms with Gasteiger partial charge in [0.1, 0.15) is 10.8 Å². The number of ether oxygens (including phenoxy) is 2. The Balaban J connectivity index is 1.67. The van der Waals surface area contributed by atoms with Gasteiger partial charge in [-0.25, -0.2) is 4.79 Å². The van der Waals surface area contributed by atoms with Crippen LogP contribution in [0.25, 0.3) is 0 Å². The molecule has 1 atom stereocenters. The Morgan fingerprint density at radius 3 is 2.55 bits per heavy atom. The summed E-state index contributed by atoms with van der Waals surface area (Å²) in [6.07, 6.45) is 1.20. The average Bonchev–Trinajstić information content (AvgIpc) is 3.13. The van der Waals surface area contributed by atoms with Gasteiger partial charge in [-0.1, -0.05) is 29.5 Å². The first kappa shape index (κ1) is 23.8. The number of hydrogen-bond acceptors (Lipinski definition) is 8. The van der Waals surface area contributed by atoms with Gasteiger partial charge >= 0.3 is 5.97 Å². The lowest BCUT2D eigenvalue weighted by Crippen LogP contribution is -2.28. The van der Waals surface area contributed by atoms with Crippen LogP contribution in [0.1, 0.15) is 27.9 Å². The zero-order valence-corrected chi connectivity index (χ0v) is 18.9. The highest BCUT2D eigenvalue weighted by molar-refractivity contribution is 8.15. The number of carboxylic acid groups (broad SMARTS) is 1. The van der Waals surface area contributed by atoms with E-state index in [4.69, 9.17) is 9.47 Å². The summed E-state index contributed by atoms with van der Waals surface area (Å²) in [5.41, 5.74) is 1.84. The van der Waals surface area contributed by atoms with Crippen LogP contribution < -0.4 is 20.1 Å². The van der Waals surface area contributed by atoms with E-state index in [1.165, 1.54) is 26.5 Å². The van der Waals surface area contributed by atoms with Crippen LogP contribution in [0.5, 0.6) is 11.5 Å². The first-order valence-corrected chi connectivity index (χ1v) is 10.6. The number of methoxy groups -OCH3 is 2. The van der Waals surface area contributed by atoms with Gasteiger partial charge < -0.3 is 25.2 Å². The molecule has 0 bridgehead atoms. The van der Waals surface area contributed by atoms with Crippen LogP contribution in [0.4, 0.5) is 5.69 Å². The van der Waals surface area contributed by atoms with Gasteiger partial charge in [0.15, 0.2) is 16.7 Å². The number of amides is 2. The van der Waals surface area contributed by atoms with Crippen LogP contribution in [0.15, 0.2) is 46.6 Å². The Labute approximate surface area is 194 Å². The van der Waals surface area contributed by atoms with Gasteiger partial charge in [0.05, 0.1) is 20.4 Å². The van der Waals surface area contributed by atoms with Crippen molar-refractivity contribution in [3.63, 3.8) is 0 Å². The maximum Gasteiger partial charge on any atom is 0.340 e. The molecule has 0 aromatic heterocycles. The Bertz CT molecular complexity index is 1130. The molecule has 1 unspecified atom stereocenters. The minimum Gasteiger partial charge on any atom is -0.493 e. The minimum atomic E-state index is -1.22. The predicted octanol–water partition coefficient (Wildman–Crippen LogP) is 2.66. The summed E-state index contributed by atoms with van der Waals surface area (Å²) in [5, 5.41) is 22.3. The SMILES string of the molecule is COc1ccc(C=N/N=C2/NC(=O)C(CC(=O)Nc3ccc(C)cc3)S2)c(C(=O)O)c1OC. The molecule has 0 aliphatic carbocycles. The Morgan fingerprint density at radius 2 is 1.91 bits per heavy atom. The van der Waals surface area contributed by atoms with Crippen LogP contribution in [-0.4, -0.2) is 53.7 Å². The number of benzene rings is 2. The van der Waals surface area contributed by atoms with Gasteiger partial charge in [-0.15, -0.1) is 5.10 Å². The summed E-state index contributed by atoms with van der Waals surface area (Å²) in [6.45, 7) is 1.95. The normalized spacial score (nSPS) is 16.6. The molecule has 10 nitrogen and oxygen atoms in total. The number of thioether (sulfide) groups is 1. The molecular weight excluding hydrogens is 448 g/mol. The van der Waals surface area contributed by atoms with Crippen molar-refractivity contribution in [2.24, 2.45) is 10.2 Å². The Kier molecular flexibility index (Phi) is 7.67. The number of amidine groups is 1. The summed E-state index contributed by atoms with van der Waals surface area (Å²) in [4.78, 5) is 36.2. The molecule has 0 spiro atoms. The molecule has 1 aliphatic heterocycles. The third kappa shape index (κ3) is 5.89. The van der Waals surface area contributed by atoms with E-state index >= 15 is 0 Å². The van der Waals surface area contributed by atoms with E-state index in [0.29, 0.717) is 5.69 Å². The highest BCUT2D eigenvalue weighted by Gasteiger charge is 2.32. The summed E-state index contributed by atoms with van der Waals surface area (Å²) in [5.74, 6) is -1.55. The largest absolute Gasteiger partial charge is 0.493 e. The lowest BCUT2D eigenvalue weighted by molar-refractivity contribution is -0.122. The van der Waals surface area contributed by atoms with Crippen molar-refractivity contribution in [2.45, 2.75) is 18.6 Å². The van der Waals surface area contributed by atoms with Gasteiger partial charge in [-0.2, -0.15) is 5.10 Å². The van der Waals surface area contributed by atoms with Crippen molar-refractivity contribution in [2.75, 3.05) is 19.5 Å². The number of aryl methyl sites for hydroxylation is 1. The van der Waals surface area contributed by atoms with Crippen molar-refractivity contribution in [3.05, 3.63) is 53.1 Å². The van der Waals surface area contributed by atoms with Gasteiger partial charge in [0.25, 0.3) is 0 Å². The second kappa shape index (κ2) is 10.6. The first-order valence-electron chi connectivity index (χ1n) is 9.75. The Hall–Kier alpha value is -3.86. The van der Waals surface area contributed by atoms with E-state index in [2.05, 4.69) is 20.8 Å². The summed E-state index contributed by atoms with van der Waals surface area (Å²) in [6, 6.07) is 10.4. The van der Waals surface area contributed by atoms with Crippen LogP contribution in [-0.2, 0) is 9.59 Å². The van der Waals surface area contributed by atoms with E-state index in [-0.39, 0.29) is 46.0 Å². The van der Waals surface area contributed by atoms with Gasteiger partial charge in [0.2, 0.25) is 11.8 Å². The molecule has 1 saturated heterocycles. The fourth-order valence-electron chi connectivity index (χ4n) is 3.02. The molecular formula is C22H22N4O6S. The number of carboxylic acids is 1. The number of carbonyl (C=O) groups is 3. The van der Waals surface area contributed by atoms with Crippen LogP contribution in [0.3, 0.4) is 0 Å². The number of hydrogen-bond donors (Lipinski definition) is 3. The summed E-state index contributed by atoms with van der Waals surface area (Å²) < 4.78 is 10.3. The molecule has 2 amide bonds. The first-order chi connectivity index (χ1) is 15.8. The van der Waals surface area contributed by atoms with E-state index < -0.39 is 11.2 Å². The maximum atomic E-state index is 12.3. The van der Waals surface area contributed by atoms with Crippen LogP contribution in [0, 0.1) is 6.92 Å². The van der Waals surface area contributed by atoms with Crippen molar-refractivity contribution in [3.8, 4) is 11.5 Å². The summed E-state index contributed by atoms with van der Waals surface area (Å²) in [7, 11) is 2.74. The van der Waals surface area contributed by atoms with E-state index in [1.807, 2.05) is 19.1 Å². The zero-order valence-electron chi connectivity index (χ0n) is 18.1. The lowest BCUT2D eigenvalue weighted by atomic mass is 10.1. The molecule has 172 valence electrons. The number of rotatable bonds is 8. The molecule has 3 N–H and O–H groups in total. The lowest BCUT2D eigenvalue weighted by Gasteiger charge is -2.11. The minimum absolute atomic E-state index is 0.0358. The van der Waals surface area contributed by atoms with Gasteiger partial charge in [-0.05, 0) is 31.2 Å². The van der Waals surface area contributed by atoms with E-state index in [1.54, 1.807) is 18.2 Å². The average molecular weight is 471 g/mol. The molecule has 2 aromatic rings. The molecule has 3 rings (SSSR count). The molecule has 33 heavy (non-hydrogen) atoms. The molecule has 1 fully saturated rings. The third-order valence-electron chi connectivity index (χ3n) is 4.62. The number of anilines is 1. The van der Waals surface area contributed by atoms with Crippen molar-refractivity contribution in [1.82, 2.24) is 5.32 Å².